The topological polar surface area (TPSA) is 126 Å². The number of fused-ring (bicyclic) bond motifs is 3. The first-order valence-corrected chi connectivity index (χ1v) is 12.1. The number of benzene rings is 3. The Kier molecular flexibility index (Phi) is 6.85. The molecule has 9 nitrogen and oxygen atoms in total. The molecule has 1 aliphatic carbocycles. The molecular formula is C28H27N5O4. The molecule has 188 valence electrons. The Morgan fingerprint density at radius 3 is 2.30 bits per heavy atom. The monoisotopic (exact) mass is 497 g/mol. The highest BCUT2D eigenvalue weighted by molar-refractivity contribution is 6.04. The summed E-state index contributed by atoms with van der Waals surface area (Å²) in [5.74, 6) is 4.79. The maximum atomic E-state index is 12.8. The van der Waals surface area contributed by atoms with Gasteiger partial charge in [0.25, 0.3) is 5.91 Å². The minimum atomic E-state index is -0.656. The van der Waals surface area contributed by atoms with E-state index < -0.39 is 18.2 Å². The fourth-order valence-corrected chi connectivity index (χ4v) is 4.91. The molecule has 1 heterocycles. The summed E-state index contributed by atoms with van der Waals surface area (Å²) in [5.41, 5.74) is 6.30. The van der Waals surface area contributed by atoms with Crippen LogP contribution < -0.4 is 16.5 Å². The van der Waals surface area contributed by atoms with Crippen LogP contribution in [0.15, 0.2) is 77.9 Å². The average molecular weight is 498 g/mol. The van der Waals surface area contributed by atoms with Gasteiger partial charge in [-0.2, -0.15) is 5.10 Å². The summed E-state index contributed by atoms with van der Waals surface area (Å²) in [6.07, 6.45) is 1.30. The van der Waals surface area contributed by atoms with Crippen LogP contribution in [0.25, 0.3) is 11.1 Å². The highest BCUT2D eigenvalue weighted by Gasteiger charge is 2.37. The van der Waals surface area contributed by atoms with Gasteiger partial charge in [0, 0.05) is 25.4 Å². The summed E-state index contributed by atoms with van der Waals surface area (Å²) in [6, 6.07) is 22.5. The van der Waals surface area contributed by atoms with E-state index >= 15 is 0 Å². The normalized spacial score (nSPS) is 16.5. The predicted octanol–water partition coefficient (Wildman–Crippen LogP) is 2.98. The van der Waals surface area contributed by atoms with Crippen LogP contribution in [0.3, 0.4) is 0 Å². The third-order valence-electron chi connectivity index (χ3n) is 6.70. The Balaban J connectivity index is 1.11. The number of carbonyl (C=O) groups excluding carboxylic acids is 3. The summed E-state index contributed by atoms with van der Waals surface area (Å²) in [5, 5.41) is 8.84. The Morgan fingerprint density at radius 1 is 1.00 bits per heavy atom. The molecule has 0 bridgehead atoms. The van der Waals surface area contributed by atoms with Crippen LogP contribution >= 0.6 is 0 Å². The number of amides is 4. The number of nitrogens with one attached hydrogen (secondary N) is 2. The molecule has 4 N–H and O–H groups in total. The smallest absolute Gasteiger partial charge is 0.407 e. The lowest BCUT2D eigenvalue weighted by Crippen LogP contribution is -2.39. The molecule has 37 heavy (non-hydrogen) atoms. The van der Waals surface area contributed by atoms with Gasteiger partial charge in [0.05, 0.1) is 6.21 Å². The van der Waals surface area contributed by atoms with Gasteiger partial charge < -0.3 is 21.2 Å². The molecule has 0 saturated carbocycles. The second-order valence-corrected chi connectivity index (χ2v) is 8.97. The molecule has 9 heteroatoms. The molecule has 2 aliphatic rings. The van der Waals surface area contributed by atoms with E-state index in [0.29, 0.717) is 6.42 Å². The molecule has 1 aliphatic heterocycles. The lowest BCUT2D eigenvalue weighted by molar-refractivity contribution is -0.127. The number of urea groups is 1. The third kappa shape index (κ3) is 5.02. The van der Waals surface area contributed by atoms with Gasteiger partial charge in [-0.3, -0.25) is 9.69 Å². The van der Waals surface area contributed by atoms with Crippen molar-refractivity contribution < 1.29 is 19.1 Å². The molecule has 1 saturated heterocycles. The number of alkyl carbamates (subject to hydrolysis) is 1. The molecule has 3 aromatic rings. The molecular weight excluding hydrogens is 470 g/mol. The Labute approximate surface area is 214 Å². The molecule has 4 amide bonds. The number of imide groups is 1. The molecule has 0 radical (unpaired) electrons. The zero-order chi connectivity index (χ0) is 25.8. The van der Waals surface area contributed by atoms with E-state index in [1.807, 2.05) is 48.5 Å². The van der Waals surface area contributed by atoms with E-state index in [1.54, 1.807) is 0 Å². The van der Waals surface area contributed by atoms with Gasteiger partial charge in [0.1, 0.15) is 12.6 Å². The van der Waals surface area contributed by atoms with Crippen LogP contribution in [0.1, 0.15) is 28.2 Å². The zero-order valence-corrected chi connectivity index (χ0v) is 20.1. The van der Waals surface area contributed by atoms with E-state index in [9.17, 15) is 14.4 Å². The fraction of sp³-hybridized carbons (Fsp3) is 0.214. The first-order chi connectivity index (χ1) is 18.0. The number of ether oxygens (including phenoxy) is 1. The van der Waals surface area contributed by atoms with Crippen LogP contribution in [0.4, 0.5) is 9.59 Å². The van der Waals surface area contributed by atoms with Crippen molar-refractivity contribution in [3.63, 3.8) is 0 Å². The summed E-state index contributed by atoms with van der Waals surface area (Å²) in [4.78, 5) is 38.6. The van der Waals surface area contributed by atoms with E-state index in [0.717, 1.165) is 38.3 Å². The summed E-state index contributed by atoms with van der Waals surface area (Å²) >= 11 is 0. The summed E-state index contributed by atoms with van der Waals surface area (Å²) < 4.78 is 5.51. The van der Waals surface area contributed by atoms with Crippen LogP contribution in [-0.4, -0.2) is 54.9 Å². The Morgan fingerprint density at radius 2 is 1.65 bits per heavy atom. The standard InChI is InChI=1S/C28H27N5O4/c29-31-16-19-11-9-18(10-12-19)15-25-26(34)33(27(35)32-25)14-13-30-28(36)37-17-24-22-7-3-1-5-20(22)21-6-2-4-8-23(21)24/h1-12,16,24-25H,13-15,17,29H2,(H,30,36)(H,32,35). The second kappa shape index (κ2) is 10.5. The van der Waals surface area contributed by atoms with Gasteiger partial charge in [-0.15, -0.1) is 0 Å². The first-order valence-electron chi connectivity index (χ1n) is 12.1. The largest absolute Gasteiger partial charge is 0.449 e. The number of hydrazone groups is 1. The van der Waals surface area contributed by atoms with Crippen LogP contribution in [0.2, 0.25) is 0 Å². The molecule has 0 spiro atoms. The molecule has 3 aromatic carbocycles. The van der Waals surface area contributed by atoms with Gasteiger partial charge in [0.2, 0.25) is 0 Å². The van der Waals surface area contributed by atoms with Crippen LogP contribution in [0.5, 0.6) is 0 Å². The van der Waals surface area contributed by atoms with E-state index in [4.69, 9.17) is 10.6 Å². The van der Waals surface area contributed by atoms with Crippen molar-refractivity contribution in [3.05, 3.63) is 95.1 Å². The van der Waals surface area contributed by atoms with Crippen molar-refractivity contribution in [2.45, 2.75) is 18.4 Å². The number of hydrogen-bond acceptors (Lipinski definition) is 6. The van der Waals surface area contributed by atoms with Gasteiger partial charge in [-0.25, -0.2) is 9.59 Å². The van der Waals surface area contributed by atoms with Crippen molar-refractivity contribution in [3.8, 4) is 11.1 Å². The Hall–Kier alpha value is -4.66. The van der Waals surface area contributed by atoms with Crippen molar-refractivity contribution in [1.82, 2.24) is 15.5 Å². The first kappa shape index (κ1) is 24.1. The average Bonchev–Trinajstić information content (AvgIpc) is 3.37. The van der Waals surface area contributed by atoms with E-state index in [2.05, 4.69) is 40.0 Å². The summed E-state index contributed by atoms with van der Waals surface area (Å²) in [7, 11) is 0. The maximum Gasteiger partial charge on any atom is 0.407 e. The van der Waals surface area contributed by atoms with E-state index in [-0.39, 0.29) is 31.5 Å². The van der Waals surface area contributed by atoms with Crippen molar-refractivity contribution >= 4 is 24.2 Å². The number of nitrogens with zero attached hydrogens (tertiary/aromatic N) is 2. The SMILES string of the molecule is NN=Cc1ccc(CC2NC(=O)N(CCNC(=O)OCC3c4ccccc4-c4ccccc43)C2=O)cc1. The number of rotatable bonds is 8. The number of carbonyl (C=O) groups is 3. The molecule has 1 atom stereocenters. The predicted molar refractivity (Wildman–Crippen MR) is 139 cm³/mol. The summed E-state index contributed by atoms with van der Waals surface area (Å²) in [6.45, 7) is 0.341. The van der Waals surface area contributed by atoms with E-state index in [1.165, 1.54) is 6.21 Å². The quantitative estimate of drug-likeness (QED) is 0.191. The third-order valence-corrected chi connectivity index (χ3v) is 6.70. The zero-order valence-electron chi connectivity index (χ0n) is 20.1. The number of hydrogen-bond donors (Lipinski definition) is 3. The maximum absolute atomic E-state index is 12.8. The fourth-order valence-electron chi connectivity index (χ4n) is 4.91. The van der Waals surface area contributed by atoms with Gasteiger partial charge in [-0.05, 0) is 33.4 Å². The minimum absolute atomic E-state index is 0.0403. The van der Waals surface area contributed by atoms with Gasteiger partial charge in [-0.1, -0.05) is 72.8 Å². The lowest BCUT2D eigenvalue weighted by atomic mass is 9.98. The van der Waals surface area contributed by atoms with Crippen molar-refractivity contribution in [2.75, 3.05) is 19.7 Å². The second-order valence-electron chi connectivity index (χ2n) is 8.97. The minimum Gasteiger partial charge on any atom is -0.449 e. The Bertz CT molecular complexity index is 1310. The molecule has 0 aromatic heterocycles. The van der Waals surface area contributed by atoms with Gasteiger partial charge >= 0.3 is 12.1 Å². The van der Waals surface area contributed by atoms with Crippen LogP contribution in [0, 0.1) is 0 Å². The highest BCUT2D eigenvalue weighted by Crippen LogP contribution is 2.44. The van der Waals surface area contributed by atoms with Crippen molar-refractivity contribution in [2.24, 2.45) is 10.9 Å². The van der Waals surface area contributed by atoms with Gasteiger partial charge in [0.15, 0.2) is 0 Å². The lowest BCUT2D eigenvalue weighted by Gasteiger charge is -2.16. The molecule has 1 unspecified atom stereocenters. The number of nitrogens with two attached hydrogens (primary N) is 1. The van der Waals surface area contributed by atoms with Crippen LogP contribution in [-0.2, 0) is 16.0 Å². The highest BCUT2D eigenvalue weighted by atomic mass is 16.5. The molecule has 1 fully saturated rings. The molecule has 5 rings (SSSR count). The van der Waals surface area contributed by atoms with Crippen molar-refractivity contribution in [1.29, 1.82) is 0 Å².